The number of nitrogens with zero attached hydrogens (tertiary/aromatic N) is 1. The second kappa shape index (κ2) is 6.69. The molecule has 0 N–H and O–H groups in total. The van der Waals surface area contributed by atoms with Crippen molar-refractivity contribution in [1.29, 1.82) is 0 Å². The zero-order valence-electron chi connectivity index (χ0n) is 11.6. The van der Waals surface area contributed by atoms with Crippen LogP contribution in [0, 0.1) is 11.7 Å². The zero-order valence-corrected chi connectivity index (χ0v) is 11.6. The minimum absolute atomic E-state index is 0.279. The molecule has 0 aromatic heterocycles. The third kappa shape index (κ3) is 3.55. The number of hydrogen-bond acceptors (Lipinski definition) is 2. The third-order valence-corrected chi connectivity index (χ3v) is 3.99. The van der Waals surface area contributed by atoms with Crippen LogP contribution in [0.25, 0.3) is 0 Å². The van der Waals surface area contributed by atoms with E-state index in [2.05, 4.69) is 11.8 Å². The lowest BCUT2D eigenvalue weighted by molar-refractivity contribution is 0.112. The first-order valence-electron chi connectivity index (χ1n) is 7.24. The fourth-order valence-electron chi connectivity index (χ4n) is 2.96. The molecule has 1 aliphatic rings. The number of carbonyl (C=O) groups excluding carboxylic acids is 1. The summed E-state index contributed by atoms with van der Waals surface area (Å²) >= 11 is 0. The molecule has 1 heterocycles. The van der Waals surface area contributed by atoms with E-state index in [0.717, 1.165) is 31.8 Å². The van der Waals surface area contributed by atoms with Crippen LogP contribution in [-0.4, -0.2) is 19.4 Å². The number of halogens is 1. The van der Waals surface area contributed by atoms with Gasteiger partial charge in [-0.3, -0.25) is 4.79 Å². The van der Waals surface area contributed by atoms with Gasteiger partial charge < -0.3 is 4.90 Å². The van der Waals surface area contributed by atoms with Crippen LogP contribution >= 0.6 is 0 Å². The second-order valence-corrected chi connectivity index (χ2v) is 5.40. The first-order chi connectivity index (χ1) is 9.24. The van der Waals surface area contributed by atoms with E-state index in [0.29, 0.717) is 17.5 Å². The largest absolute Gasteiger partial charge is 0.369 e. The summed E-state index contributed by atoms with van der Waals surface area (Å²) in [5, 5.41) is 0. The highest BCUT2D eigenvalue weighted by molar-refractivity contribution is 5.76. The summed E-state index contributed by atoms with van der Waals surface area (Å²) in [6, 6.07) is 4.76. The number of carbonyl (C=O) groups is 1. The molecule has 1 unspecified atom stereocenters. The molecule has 0 aliphatic carbocycles. The molecule has 1 saturated heterocycles. The Kier molecular flexibility index (Phi) is 4.94. The highest BCUT2D eigenvalue weighted by Crippen LogP contribution is 2.27. The summed E-state index contributed by atoms with van der Waals surface area (Å²) in [4.78, 5) is 12.8. The fourth-order valence-corrected chi connectivity index (χ4v) is 2.96. The van der Waals surface area contributed by atoms with Crippen molar-refractivity contribution in [1.82, 2.24) is 0 Å². The predicted molar refractivity (Wildman–Crippen MR) is 76.2 cm³/mol. The molecule has 1 atom stereocenters. The maximum absolute atomic E-state index is 14.0. The molecule has 104 valence electrons. The van der Waals surface area contributed by atoms with E-state index in [-0.39, 0.29) is 5.82 Å². The van der Waals surface area contributed by atoms with Gasteiger partial charge in [0.05, 0.1) is 5.69 Å². The lowest BCUT2D eigenvalue weighted by Crippen LogP contribution is -2.25. The molecule has 2 rings (SSSR count). The van der Waals surface area contributed by atoms with Gasteiger partial charge in [0.1, 0.15) is 12.1 Å². The Balaban J connectivity index is 2.07. The molecule has 0 radical (unpaired) electrons. The third-order valence-electron chi connectivity index (χ3n) is 3.99. The number of benzene rings is 1. The minimum atomic E-state index is -0.279. The Morgan fingerprint density at radius 1 is 1.37 bits per heavy atom. The average Bonchev–Trinajstić information content (AvgIpc) is 2.65. The van der Waals surface area contributed by atoms with E-state index in [1.54, 1.807) is 12.1 Å². The molecule has 1 aromatic carbocycles. The molecule has 19 heavy (non-hydrogen) atoms. The van der Waals surface area contributed by atoms with Gasteiger partial charge >= 0.3 is 0 Å². The van der Waals surface area contributed by atoms with Gasteiger partial charge in [-0.25, -0.2) is 4.39 Å². The van der Waals surface area contributed by atoms with Crippen molar-refractivity contribution >= 4 is 12.0 Å². The van der Waals surface area contributed by atoms with Gasteiger partial charge in [-0.05, 0) is 43.4 Å². The standard InChI is InChI=1S/C16H22FNO/c1-2-4-13-5-3-9-18(10-8-13)16-7-6-14(12-19)11-15(16)17/h6-7,11-13H,2-5,8-10H2,1H3. The summed E-state index contributed by atoms with van der Waals surface area (Å²) in [5.41, 5.74) is 1.04. The Labute approximate surface area is 114 Å². The van der Waals surface area contributed by atoms with Crippen LogP contribution in [0.3, 0.4) is 0 Å². The van der Waals surface area contributed by atoms with Crippen molar-refractivity contribution in [3.05, 3.63) is 29.6 Å². The minimum Gasteiger partial charge on any atom is -0.369 e. The Morgan fingerprint density at radius 3 is 2.89 bits per heavy atom. The molecule has 0 saturated carbocycles. The monoisotopic (exact) mass is 263 g/mol. The van der Waals surface area contributed by atoms with E-state index in [9.17, 15) is 9.18 Å². The van der Waals surface area contributed by atoms with Crippen molar-refractivity contribution in [2.24, 2.45) is 5.92 Å². The van der Waals surface area contributed by atoms with E-state index in [4.69, 9.17) is 0 Å². The molecular weight excluding hydrogens is 241 g/mol. The van der Waals surface area contributed by atoms with Gasteiger partial charge in [-0.2, -0.15) is 0 Å². The topological polar surface area (TPSA) is 20.3 Å². The van der Waals surface area contributed by atoms with Gasteiger partial charge in [0.25, 0.3) is 0 Å². The van der Waals surface area contributed by atoms with E-state index < -0.39 is 0 Å². The van der Waals surface area contributed by atoms with Gasteiger partial charge in [0.2, 0.25) is 0 Å². The molecule has 1 fully saturated rings. The normalized spacial score (nSPS) is 20.1. The van der Waals surface area contributed by atoms with Crippen molar-refractivity contribution in [2.75, 3.05) is 18.0 Å². The smallest absolute Gasteiger partial charge is 0.150 e. The lowest BCUT2D eigenvalue weighted by atomic mass is 9.96. The number of aldehydes is 1. The summed E-state index contributed by atoms with van der Waals surface area (Å²) in [5.74, 6) is 0.505. The van der Waals surface area contributed by atoms with Crippen LogP contribution in [0.4, 0.5) is 10.1 Å². The maximum Gasteiger partial charge on any atom is 0.150 e. The molecule has 0 spiro atoms. The number of hydrogen-bond donors (Lipinski definition) is 0. The van der Waals surface area contributed by atoms with Crippen LogP contribution in [-0.2, 0) is 0 Å². The van der Waals surface area contributed by atoms with Crippen molar-refractivity contribution in [3.63, 3.8) is 0 Å². The maximum atomic E-state index is 14.0. The summed E-state index contributed by atoms with van der Waals surface area (Å²) in [6.07, 6.45) is 6.71. The molecule has 1 aromatic rings. The molecule has 2 nitrogen and oxygen atoms in total. The Bertz CT molecular complexity index is 433. The summed E-state index contributed by atoms with van der Waals surface area (Å²) < 4.78 is 14.0. The highest BCUT2D eigenvalue weighted by atomic mass is 19.1. The molecule has 1 aliphatic heterocycles. The van der Waals surface area contributed by atoms with Crippen LogP contribution in [0.15, 0.2) is 18.2 Å². The second-order valence-electron chi connectivity index (χ2n) is 5.40. The van der Waals surface area contributed by atoms with E-state index in [1.165, 1.54) is 25.3 Å². The Hall–Kier alpha value is -1.38. The van der Waals surface area contributed by atoms with Crippen molar-refractivity contribution in [2.45, 2.75) is 39.0 Å². The zero-order chi connectivity index (χ0) is 13.7. The Morgan fingerprint density at radius 2 is 2.21 bits per heavy atom. The number of anilines is 1. The van der Waals surface area contributed by atoms with Crippen LogP contribution in [0.2, 0.25) is 0 Å². The molecule has 3 heteroatoms. The molecule has 0 amide bonds. The van der Waals surface area contributed by atoms with Crippen LogP contribution in [0.5, 0.6) is 0 Å². The first-order valence-corrected chi connectivity index (χ1v) is 7.24. The lowest BCUT2D eigenvalue weighted by Gasteiger charge is -2.23. The quantitative estimate of drug-likeness (QED) is 0.764. The van der Waals surface area contributed by atoms with Gasteiger partial charge in [-0.1, -0.05) is 19.8 Å². The van der Waals surface area contributed by atoms with E-state index in [1.807, 2.05) is 0 Å². The van der Waals surface area contributed by atoms with Crippen molar-refractivity contribution < 1.29 is 9.18 Å². The van der Waals surface area contributed by atoms with Gasteiger partial charge in [0, 0.05) is 18.7 Å². The first kappa shape index (κ1) is 14.0. The number of rotatable bonds is 4. The van der Waals surface area contributed by atoms with Gasteiger partial charge in [0.15, 0.2) is 0 Å². The van der Waals surface area contributed by atoms with Gasteiger partial charge in [-0.15, -0.1) is 0 Å². The SMILES string of the molecule is CCCC1CCCN(c2ccc(C=O)cc2F)CC1. The van der Waals surface area contributed by atoms with Crippen LogP contribution < -0.4 is 4.90 Å². The average molecular weight is 263 g/mol. The van der Waals surface area contributed by atoms with Crippen molar-refractivity contribution in [3.8, 4) is 0 Å². The molecule has 0 bridgehead atoms. The highest BCUT2D eigenvalue weighted by Gasteiger charge is 2.18. The summed E-state index contributed by atoms with van der Waals surface area (Å²) in [7, 11) is 0. The predicted octanol–water partition coefficient (Wildman–Crippen LogP) is 4.04. The van der Waals surface area contributed by atoms with Crippen LogP contribution in [0.1, 0.15) is 49.4 Å². The summed E-state index contributed by atoms with van der Waals surface area (Å²) in [6.45, 7) is 4.06. The fraction of sp³-hybridized carbons (Fsp3) is 0.562. The van der Waals surface area contributed by atoms with E-state index >= 15 is 0 Å². The molecular formula is C16H22FNO.